The van der Waals surface area contributed by atoms with Gasteiger partial charge >= 0.3 is 0 Å². The Morgan fingerprint density at radius 2 is 1.25 bits per heavy atom. The van der Waals surface area contributed by atoms with Crippen LogP contribution in [0.2, 0.25) is 0 Å². The monoisotopic (exact) mass is 424 g/mol. The van der Waals surface area contributed by atoms with Crippen LogP contribution in [0.4, 0.5) is 0 Å². The summed E-state index contributed by atoms with van der Waals surface area (Å²) >= 11 is 0. The van der Waals surface area contributed by atoms with Crippen LogP contribution in [0.25, 0.3) is 32.7 Å². The second-order valence-electron chi connectivity index (χ2n) is 10.8. The Balaban J connectivity index is 1.59. The molecule has 3 aliphatic rings. The molecular formula is C30H36N2. The average Bonchev–Trinajstić information content (AvgIpc) is 3.38. The summed E-state index contributed by atoms with van der Waals surface area (Å²) in [6.07, 6.45) is 19.1. The van der Waals surface area contributed by atoms with Gasteiger partial charge in [0.15, 0.2) is 0 Å². The number of hydrogen-bond acceptors (Lipinski definition) is 0. The van der Waals surface area contributed by atoms with Gasteiger partial charge in [0.1, 0.15) is 0 Å². The zero-order valence-electron chi connectivity index (χ0n) is 19.4. The molecule has 0 spiro atoms. The van der Waals surface area contributed by atoms with Gasteiger partial charge in [0.05, 0.1) is 11.0 Å². The van der Waals surface area contributed by atoms with E-state index >= 15 is 0 Å². The predicted octanol–water partition coefficient (Wildman–Crippen LogP) is 8.64. The minimum atomic E-state index is 0.661. The molecule has 0 unspecified atom stereocenters. The van der Waals surface area contributed by atoms with Crippen molar-refractivity contribution in [2.75, 3.05) is 0 Å². The van der Waals surface area contributed by atoms with Crippen molar-refractivity contribution in [2.45, 2.75) is 102 Å². The second kappa shape index (κ2) is 7.68. The van der Waals surface area contributed by atoms with Crippen LogP contribution in [0.3, 0.4) is 0 Å². The minimum absolute atomic E-state index is 0.661. The van der Waals surface area contributed by atoms with Crippen molar-refractivity contribution in [2.24, 2.45) is 0 Å². The lowest BCUT2D eigenvalue weighted by Crippen LogP contribution is -2.17. The third kappa shape index (κ3) is 2.77. The van der Waals surface area contributed by atoms with E-state index in [0.29, 0.717) is 6.04 Å². The van der Waals surface area contributed by atoms with E-state index in [9.17, 15) is 0 Å². The van der Waals surface area contributed by atoms with Crippen LogP contribution in [0.15, 0.2) is 36.4 Å². The molecule has 166 valence electrons. The normalized spacial score (nSPS) is 21.0. The molecule has 2 heterocycles. The fourth-order valence-corrected chi connectivity index (χ4v) is 7.62. The maximum atomic E-state index is 2.85. The molecule has 2 aromatic heterocycles. The number of aromatic nitrogens is 2. The topological polar surface area (TPSA) is 9.86 Å². The highest BCUT2D eigenvalue weighted by atomic mass is 15.1. The molecule has 2 fully saturated rings. The quantitative estimate of drug-likeness (QED) is 0.305. The van der Waals surface area contributed by atoms with Gasteiger partial charge in [-0.3, -0.25) is 0 Å². The fourth-order valence-electron chi connectivity index (χ4n) is 7.62. The van der Waals surface area contributed by atoms with Crippen LogP contribution in [0.1, 0.15) is 100 Å². The highest BCUT2D eigenvalue weighted by Gasteiger charge is 2.29. The average molecular weight is 425 g/mol. The van der Waals surface area contributed by atoms with Gasteiger partial charge in [0, 0.05) is 39.5 Å². The predicted molar refractivity (Wildman–Crippen MR) is 136 cm³/mol. The standard InChI is InChI=1S/C30H36N2/c1-3-11-21(12-4-1)31-27-18-10-8-16-25(27)29-28(31)20-19-24-23-15-7-9-17-26(23)32(30(24)29)22-13-5-2-6-14-22/h7,9,15,17,19-22H,1-6,8,10-14,16,18H2. The van der Waals surface area contributed by atoms with E-state index in [1.54, 1.807) is 27.7 Å². The Morgan fingerprint density at radius 3 is 2.03 bits per heavy atom. The molecule has 2 heteroatoms. The molecule has 2 nitrogen and oxygen atoms in total. The Morgan fingerprint density at radius 1 is 0.562 bits per heavy atom. The molecule has 7 rings (SSSR count). The fraction of sp³-hybridized carbons (Fsp3) is 0.533. The van der Waals surface area contributed by atoms with Crippen LogP contribution >= 0.6 is 0 Å². The smallest absolute Gasteiger partial charge is 0.0592 e. The molecule has 0 N–H and O–H groups in total. The highest BCUT2D eigenvalue weighted by molar-refractivity contribution is 6.18. The van der Waals surface area contributed by atoms with Gasteiger partial charge in [-0.2, -0.15) is 0 Å². The first-order valence-electron chi connectivity index (χ1n) is 13.5. The van der Waals surface area contributed by atoms with Crippen LogP contribution in [0, 0.1) is 0 Å². The van der Waals surface area contributed by atoms with Crippen molar-refractivity contribution < 1.29 is 0 Å². The maximum absolute atomic E-state index is 2.85. The van der Waals surface area contributed by atoms with Gasteiger partial charge in [0.2, 0.25) is 0 Å². The van der Waals surface area contributed by atoms with E-state index in [4.69, 9.17) is 0 Å². The number of fused-ring (bicyclic) bond motifs is 7. The lowest BCUT2D eigenvalue weighted by atomic mass is 9.92. The summed E-state index contributed by atoms with van der Waals surface area (Å²) in [5, 5.41) is 4.59. The molecule has 2 saturated carbocycles. The zero-order chi connectivity index (χ0) is 21.1. The molecule has 4 aromatic rings. The van der Waals surface area contributed by atoms with Crippen molar-refractivity contribution in [3.8, 4) is 0 Å². The zero-order valence-corrected chi connectivity index (χ0v) is 19.4. The van der Waals surface area contributed by atoms with Crippen LogP contribution in [-0.4, -0.2) is 9.13 Å². The van der Waals surface area contributed by atoms with Crippen molar-refractivity contribution in [1.82, 2.24) is 9.13 Å². The first kappa shape index (κ1) is 19.3. The number of hydrogen-bond donors (Lipinski definition) is 0. The third-order valence-electron chi connectivity index (χ3n) is 9.02. The number of para-hydroxylation sites is 1. The van der Waals surface area contributed by atoms with Gasteiger partial charge in [-0.25, -0.2) is 0 Å². The Bertz CT molecular complexity index is 1290. The number of rotatable bonds is 2. The Hall–Kier alpha value is -2.22. The molecule has 0 amide bonds. The summed E-state index contributed by atoms with van der Waals surface area (Å²) in [4.78, 5) is 0. The van der Waals surface area contributed by atoms with Crippen LogP contribution < -0.4 is 0 Å². The summed E-state index contributed by atoms with van der Waals surface area (Å²) < 4.78 is 5.66. The highest BCUT2D eigenvalue weighted by Crippen LogP contribution is 2.46. The van der Waals surface area contributed by atoms with Crippen molar-refractivity contribution in [1.29, 1.82) is 0 Å². The molecule has 0 saturated heterocycles. The summed E-state index contributed by atoms with van der Waals surface area (Å²) in [5.74, 6) is 0. The molecule has 0 bridgehead atoms. The largest absolute Gasteiger partial charge is 0.341 e. The lowest BCUT2D eigenvalue weighted by molar-refractivity contribution is 0.351. The molecule has 0 atom stereocenters. The second-order valence-corrected chi connectivity index (χ2v) is 10.8. The summed E-state index contributed by atoms with van der Waals surface area (Å²) in [7, 11) is 0. The Kier molecular flexibility index (Phi) is 4.62. The van der Waals surface area contributed by atoms with Crippen LogP contribution in [-0.2, 0) is 12.8 Å². The van der Waals surface area contributed by atoms with Gasteiger partial charge in [0.25, 0.3) is 0 Å². The van der Waals surface area contributed by atoms with Crippen molar-refractivity contribution >= 4 is 32.7 Å². The van der Waals surface area contributed by atoms with E-state index in [-0.39, 0.29) is 0 Å². The van der Waals surface area contributed by atoms with Gasteiger partial charge in [-0.15, -0.1) is 0 Å². The lowest BCUT2D eigenvalue weighted by Gasteiger charge is -2.27. The minimum Gasteiger partial charge on any atom is -0.341 e. The van der Waals surface area contributed by atoms with E-state index in [1.807, 2.05) is 0 Å². The van der Waals surface area contributed by atoms with Crippen molar-refractivity contribution in [3.63, 3.8) is 0 Å². The van der Waals surface area contributed by atoms with E-state index in [0.717, 1.165) is 6.04 Å². The summed E-state index contributed by atoms with van der Waals surface area (Å²) in [6.45, 7) is 0. The first-order chi connectivity index (χ1) is 15.9. The molecule has 0 radical (unpaired) electrons. The van der Waals surface area contributed by atoms with Gasteiger partial charge < -0.3 is 9.13 Å². The number of nitrogens with zero attached hydrogens (tertiary/aromatic N) is 2. The number of benzene rings is 2. The maximum Gasteiger partial charge on any atom is 0.0592 e. The molecule has 32 heavy (non-hydrogen) atoms. The summed E-state index contributed by atoms with van der Waals surface area (Å²) in [5.41, 5.74) is 8.00. The molecule has 0 aliphatic heterocycles. The first-order valence-corrected chi connectivity index (χ1v) is 13.5. The van der Waals surface area contributed by atoms with Gasteiger partial charge in [-0.05, 0) is 69.1 Å². The number of aryl methyl sites for hydroxylation is 1. The van der Waals surface area contributed by atoms with Gasteiger partial charge in [-0.1, -0.05) is 62.8 Å². The Labute approximate surface area is 191 Å². The van der Waals surface area contributed by atoms with Crippen LogP contribution in [0.5, 0.6) is 0 Å². The van der Waals surface area contributed by atoms with E-state index < -0.39 is 0 Å². The molecular weight excluding hydrogens is 388 g/mol. The van der Waals surface area contributed by atoms with E-state index in [2.05, 4.69) is 45.5 Å². The molecule has 3 aliphatic carbocycles. The van der Waals surface area contributed by atoms with Crippen molar-refractivity contribution in [3.05, 3.63) is 47.7 Å². The molecule has 2 aromatic carbocycles. The summed E-state index contributed by atoms with van der Waals surface area (Å²) in [6, 6.07) is 15.6. The SMILES string of the molecule is c1ccc2c(c1)c1ccc3c(c4c(n3C3CCCCC3)CCCC4)c1n2C1CCCCC1. The third-order valence-corrected chi connectivity index (χ3v) is 9.02. The van der Waals surface area contributed by atoms with E-state index in [1.165, 1.54) is 106 Å².